The molecule has 1 aliphatic carbocycles. The van der Waals surface area contributed by atoms with Crippen LogP contribution in [0.4, 0.5) is 18.9 Å². The highest BCUT2D eigenvalue weighted by Gasteiger charge is 2.52. The van der Waals surface area contributed by atoms with Gasteiger partial charge in [-0.3, -0.25) is 19.3 Å². The van der Waals surface area contributed by atoms with Gasteiger partial charge in [-0.15, -0.1) is 0 Å². The summed E-state index contributed by atoms with van der Waals surface area (Å²) in [5, 5.41) is 12.3. The summed E-state index contributed by atoms with van der Waals surface area (Å²) in [4.78, 5) is 48.7. The molecule has 13 heteroatoms. The summed E-state index contributed by atoms with van der Waals surface area (Å²) in [7, 11) is 0. The smallest absolute Gasteiger partial charge is 0.394 e. The number of hydrogen-bond acceptors (Lipinski definition) is 7. The lowest BCUT2D eigenvalue weighted by Crippen LogP contribution is -2.61. The zero-order valence-electron chi connectivity index (χ0n) is 23.9. The molecule has 44 heavy (non-hydrogen) atoms. The number of carbonyl (C=O) groups excluding carboxylic acids is 3. The Morgan fingerprint density at radius 2 is 1.89 bits per heavy atom. The Morgan fingerprint density at radius 1 is 1.16 bits per heavy atom. The fraction of sp³-hybridized carbons (Fsp3) is 0.387. The zero-order valence-corrected chi connectivity index (χ0v) is 23.9. The zero-order chi connectivity index (χ0) is 31.6. The molecule has 0 radical (unpaired) electrons. The molecule has 3 fully saturated rings. The Labute approximate surface area is 252 Å². The van der Waals surface area contributed by atoms with Crippen LogP contribution in [-0.4, -0.2) is 71.7 Å². The number of nitrogens with one attached hydrogen (secondary N) is 1. The van der Waals surface area contributed by atoms with Crippen molar-refractivity contribution in [1.82, 2.24) is 15.1 Å². The number of likely N-dealkylation sites (tertiary alicyclic amines) is 1. The number of ether oxygens (including phenoxy) is 1. The highest BCUT2D eigenvalue weighted by molar-refractivity contribution is 6.17. The first-order chi connectivity index (χ1) is 21.0. The number of halogens is 3. The van der Waals surface area contributed by atoms with Crippen molar-refractivity contribution >= 4 is 29.2 Å². The number of carbonyl (C=O) groups is 3. The molecule has 3 aliphatic rings. The molecule has 10 nitrogen and oxygen atoms in total. The van der Waals surface area contributed by atoms with Crippen LogP contribution in [0.25, 0.3) is 0 Å². The minimum atomic E-state index is -4.67. The maximum Gasteiger partial charge on any atom is 0.416 e. The van der Waals surface area contributed by atoms with E-state index in [1.165, 1.54) is 15.9 Å². The summed E-state index contributed by atoms with van der Waals surface area (Å²) in [6.45, 7) is 2.14. The van der Waals surface area contributed by atoms with E-state index in [0.717, 1.165) is 18.2 Å². The second-order valence-corrected chi connectivity index (χ2v) is 10.8. The third-order valence-corrected chi connectivity index (χ3v) is 7.96. The van der Waals surface area contributed by atoms with E-state index >= 15 is 0 Å². The second kappa shape index (κ2) is 12.5. The molecule has 3 atom stereocenters. The van der Waals surface area contributed by atoms with Crippen molar-refractivity contribution in [3.05, 3.63) is 77.0 Å². The quantitative estimate of drug-likeness (QED) is 0.482. The normalized spacial score (nSPS) is 24.6. The topological polar surface area (TPSA) is 141 Å². The summed E-state index contributed by atoms with van der Waals surface area (Å²) in [6, 6.07) is 12.7. The van der Waals surface area contributed by atoms with E-state index in [0.29, 0.717) is 18.5 Å². The highest BCUT2D eigenvalue weighted by atomic mass is 19.4. The summed E-state index contributed by atoms with van der Waals surface area (Å²) in [5.74, 6) is -2.84. The molecule has 5 rings (SSSR count). The molecule has 3 unspecified atom stereocenters. The summed E-state index contributed by atoms with van der Waals surface area (Å²) in [5.41, 5.74) is 5.91. The number of piperidine rings is 1. The number of amides is 3. The highest BCUT2D eigenvalue weighted by Crippen LogP contribution is 2.46. The maximum atomic E-state index is 14.1. The first-order valence-electron chi connectivity index (χ1n) is 14.3. The number of aliphatic imine (C=N–C) groups is 1. The van der Waals surface area contributed by atoms with Crippen molar-refractivity contribution in [3.8, 4) is 6.07 Å². The molecule has 2 saturated heterocycles. The number of hydrogen-bond donors (Lipinski definition) is 2. The lowest BCUT2D eigenvalue weighted by atomic mass is 9.79. The number of para-hydroxylation sites is 1. The van der Waals surface area contributed by atoms with E-state index in [-0.39, 0.29) is 54.9 Å². The summed E-state index contributed by atoms with van der Waals surface area (Å²) < 4.78 is 45.5. The summed E-state index contributed by atoms with van der Waals surface area (Å²) in [6.07, 6.45) is -3.33. The molecule has 0 bridgehead atoms. The lowest BCUT2D eigenvalue weighted by molar-refractivity contribution is -0.137. The van der Waals surface area contributed by atoms with Crippen molar-refractivity contribution in [2.75, 3.05) is 26.3 Å². The monoisotopic (exact) mass is 608 g/mol. The number of alkyl halides is 3. The van der Waals surface area contributed by atoms with Gasteiger partial charge in [0.2, 0.25) is 0 Å². The summed E-state index contributed by atoms with van der Waals surface area (Å²) >= 11 is 0. The number of benzene rings is 2. The molecular weight excluding hydrogens is 577 g/mol. The van der Waals surface area contributed by atoms with Crippen molar-refractivity contribution in [2.45, 2.75) is 38.0 Å². The SMILES string of the molecule is CCN1C(=O)C(NC(=O)c2cccc(C(F)(F)F)c2)C(C2CC2)/C(=C(/N)C(=O)N2CCOCC2C#N)C1=Nc1ccccc1. The van der Waals surface area contributed by atoms with Gasteiger partial charge in [-0.1, -0.05) is 24.3 Å². The number of amidine groups is 1. The molecular formula is C31H31F3N6O4. The van der Waals surface area contributed by atoms with Crippen molar-refractivity contribution < 1.29 is 32.3 Å². The third-order valence-electron chi connectivity index (χ3n) is 7.96. The number of nitrogens with two attached hydrogens (primary N) is 1. The minimum Gasteiger partial charge on any atom is -0.394 e. The van der Waals surface area contributed by atoms with Gasteiger partial charge in [0.1, 0.15) is 23.6 Å². The molecule has 3 amide bonds. The molecule has 2 aromatic rings. The first-order valence-corrected chi connectivity index (χ1v) is 14.3. The van der Waals surface area contributed by atoms with Gasteiger partial charge >= 0.3 is 6.18 Å². The van der Waals surface area contributed by atoms with Crippen LogP contribution in [0.1, 0.15) is 35.7 Å². The molecule has 1 saturated carbocycles. The Bertz CT molecular complexity index is 1550. The lowest BCUT2D eigenvalue weighted by Gasteiger charge is -2.42. The van der Waals surface area contributed by atoms with E-state index in [1.54, 1.807) is 37.3 Å². The Morgan fingerprint density at radius 3 is 2.52 bits per heavy atom. The van der Waals surface area contributed by atoms with Crippen LogP contribution in [0.15, 0.2) is 70.9 Å². The number of nitriles is 1. The van der Waals surface area contributed by atoms with Crippen LogP contribution in [0.3, 0.4) is 0 Å². The number of rotatable bonds is 6. The van der Waals surface area contributed by atoms with Gasteiger partial charge in [-0.25, -0.2) is 4.99 Å². The van der Waals surface area contributed by atoms with Gasteiger partial charge in [-0.05, 0) is 56.0 Å². The fourth-order valence-corrected chi connectivity index (χ4v) is 5.64. The Kier molecular flexibility index (Phi) is 8.73. The minimum absolute atomic E-state index is 0.0110. The van der Waals surface area contributed by atoms with Crippen LogP contribution in [0, 0.1) is 23.2 Å². The molecule has 2 aromatic carbocycles. The van der Waals surface area contributed by atoms with Crippen LogP contribution in [0.2, 0.25) is 0 Å². The van der Waals surface area contributed by atoms with E-state index in [2.05, 4.69) is 11.4 Å². The fourth-order valence-electron chi connectivity index (χ4n) is 5.64. The van der Waals surface area contributed by atoms with Gasteiger partial charge in [0.15, 0.2) is 0 Å². The van der Waals surface area contributed by atoms with Crippen molar-refractivity contribution in [1.29, 1.82) is 5.26 Å². The first kappa shape index (κ1) is 30.7. The van der Waals surface area contributed by atoms with E-state index in [1.807, 2.05) is 0 Å². The van der Waals surface area contributed by atoms with Gasteiger partial charge < -0.3 is 20.7 Å². The van der Waals surface area contributed by atoms with Crippen LogP contribution in [0.5, 0.6) is 0 Å². The van der Waals surface area contributed by atoms with Gasteiger partial charge in [0, 0.05) is 30.1 Å². The third kappa shape index (κ3) is 6.16. The van der Waals surface area contributed by atoms with E-state index < -0.39 is 47.5 Å². The molecule has 0 spiro atoms. The predicted molar refractivity (Wildman–Crippen MR) is 153 cm³/mol. The molecule has 2 heterocycles. The van der Waals surface area contributed by atoms with Crippen LogP contribution < -0.4 is 11.1 Å². The van der Waals surface area contributed by atoms with Crippen LogP contribution >= 0.6 is 0 Å². The van der Waals surface area contributed by atoms with Crippen molar-refractivity contribution in [3.63, 3.8) is 0 Å². The maximum absolute atomic E-state index is 14.1. The van der Waals surface area contributed by atoms with Gasteiger partial charge in [0.25, 0.3) is 17.7 Å². The Balaban J connectivity index is 1.62. The second-order valence-electron chi connectivity index (χ2n) is 10.8. The van der Waals surface area contributed by atoms with Crippen LogP contribution in [-0.2, 0) is 20.5 Å². The molecule has 3 N–H and O–H groups in total. The Hall–Kier alpha value is -4.70. The molecule has 0 aromatic heterocycles. The van der Waals surface area contributed by atoms with E-state index in [4.69, 9.17) is 15.5 Å². The number of nitrogens with zero attached hydrogens (tertiary/aromatic N) is 4. The standard InChI is InChI=1S/C31H31F3N6O4/c1-2-39-27(37-21-9-4-3-5-10-21)24(25(36)29(42)40-13-14-44-17-22(40)16-35)23(18-11-12-18)26(30(39)43)38-28(41)19-7-6-8-20(15-19)31(32,33)34/h3-10,15,18,22-23,26H,2,11-14,17,36H2,1H3,(H,38,41)/b25-24-,37-27?. The number of likely N-dealkylation sites (N-methyl/N-ethyl adjacent to an activating group) is 1. The predicted octanol–water partition coefficient (Wildman–Crippen LogP) is 3.39. The number of morpholine rings is 1. The molecule has 2 aliphatic heterocycles. The van der Waals surface area contributed by atoms with Crippen molar-refractivity contribution in [2.24, 2.45) is 22.6 Å². The molecule has 230 valence electrons. The largest absolute Gasteiger partial charge is 0.416 e. The van der Waals surface area contributed by atoms with Gasteiger partial charge in [-0.2, -0.15) is 18.4 Å². The average Bonchev–Trinajstić information content (AvgIpc) is 3.87. The van der Waals surface area contributed by atoms with E-state index in [9.17, 15) is 32.8 Å². The average molecular weight is 609 g/mol. The van der Waals surface area contributed by atoms with Gasteiger partial charge in [0.05, 0.1) is 30.5 Å².